The second kappa shape index (κ2) is 5.82. The van der Waals surface area contributed by atoms with E-state index in [4.69, 9.17) is 9.84 Å². The van der Waals surface area contributed by atoms with Gasteiger partial charge in [0, 0.05) is 24.8 Å². The van der Waals surface area contributed by atoms with Crippen molar-refractivity contribution in [2.75, 3.05) is 13.7 Å². The predicted octanol–water partition coefficient (Wildman–Crippen LogP) is 1.91. The van der Waals surface area contributed by atoms with Gasteiger partial charge in [-0.1, -0.05) is 6.92 Å². The van der Waals surface area contributed by atoms with Gasteiger partial charge < -0.3 is 9.84 Å². The van der Waals surface area contributed by atoms with Gasteiger partial charge in [0.15, 0.2) is 0 Å². The van der Waals surface area contributed by atoms with Crippen LogP contribution in [0, 0.1) is 0 Å². The lowest BCUT2D eigenvalue weighted by molar-refractivity contribution is -0.136. The first-order chi connectivity index (χ1) is 7.13. The number of hydrogen-bond donors (Lipinski definition) is 1. The molecule has 0 aliphatic heterocycles. The quantitative estimate of drug-likeness (QED) is 0.809. The highest BCUT2D eigenvalue weighted by Crippen LogP contribution is 2.20. The third-order valence-corrected chi connectivity index (χ3v) is 3.13. The molecular weight excluding hydrogens is 214 g/mol. The Morgan fingerprint density at radius 3 is 3.07 bits per heavy atom. The molecule has 1 N–H and O–H groups in total. The maximum atomic E-state index is 10.4. The van der Waals surface area contributed by atoms with Gasteiger partial charge in [0.25, 0.3) is 0 Å². The van der Waals surface area contributed by atoms with Crippen molar-refractivity contribution in [3.63, 3.8) is 0 Å². The Hall–Kier alpha value is -0.940. The van der Waals surface area contributed by atoms with Gasteiger partial charge in [-0.3, -0.25) is 4.79 Å². The van der Waals surface area contributed by atoms with Crippen molar-refractivity contribution >= 4 is 17.3 Å². The molecule has 0 saturated heterocycles. The Kier molecular flexibility index (Phi) is 4.71. The van der Waals surface area contributed by atoms with Crippen LogP contribution in [0.4, 0.5) is 0 Å². The van der Waals surface area contributed by atoms with Crippen LogP contribution in [0.15, 0.2) is 5.38 Å². The summed E-state index contributed by atoms with van der Waals surface area (Å²) >= 11 is 1.57. The van der Waals surface area contributed by atoms with E-state index in [9.17, 15) is 4.79 Å². The maximum Gasteiger partial charge on any atom is 0.303 e. The van der Waals surface area contributed by atoms with Gasteiger partial charge in [-0.05, 0) is 0 Å². The average Bonchev–Trinajstić information content (AvgIpc) is 2.63. The minimum Gasteiger partial charge on any atom is -0.481 e. The monoisotopic (exact) mass is 229 g/mol. The standard InChI is InChI=1S/C10H15NO3S/c1-7(5-14-2)10-11-8(6-15-10)3-4-9(12)13/h6-7H,3-5H2,1-2H3,(H,12,13). The molecule has 4 nitrogen and oxygen atoms in total. The fourth-order valence-electron chi connectivity index (χ4n) is 1.22. The molecule has 0 spiro atoms. The summed E-state index contributed by atoms with van der Waals surface area (Å²) in [4.78, 5) is 14.7. The third kappa shape index (κ3) is 3.97. The van der Waals surface area contributed by atoms with E-state index in [-0.39, 0.29) is 12.3 Å². The van der Waals surface area contributed by atoms with E-state index in [1.54, 1.807) is 18.4 Å². The van der Waals surface area contributed by atoms with Gasteiger partial charge >= 0.3 is 5.97 Å². The number of carbonyl (C=O) groups is 1. The van der Waals surface area contributed by atoms with Gasteiger partial charge in [-0.25, -0.2) is 4.98 Å². The number of ether oxygens (including phenoxy) is 1. The van der Waals surface area contributed by atoms with E-state index in [1.807, 2.05) is 12.3 Å². The van der Waals surface area contributed by atoms with Crippen LogP contribution in [-0.4, -0.2) is 29.8 Å². The zero-order valence-corrected chi connectivity index (χ0v) is 9.71. The van der Waals surface area contributed by atoms with Crippen molar-refractivity contribution in [3.05, 3.63) is 16.1 Å². The number of thiazole rings is 1. The highest BCUT2D eigenvalue weighted by Gasteiger charge is 2.10. The second-order valence-electron chi connectivity index (χ2n) is 3.43. The van der Waals surface area contributed by atoms with Crippen molar-refractivity contribution < 1.29 is 14.6 Å². The zero-order valence-electron chi connectivity index (χ0n) is 8.90. The molecule has 1 atom stereocenters. The molecule has 0 radical (unpaired) electrons. The summed E-state index contributed by atoms with van der Waals surface area (Å²) in [5, 5.41) is 11.5. The number of methoxy groups -OCH3 is 1. The predicted molar refractivity (Wildman–Crippen MR) is 58.4 cm³/mol. The van der Waals surface area contributed by atoms with E-state index in [2.05, 4.69) is 4.98 Å². The van der Waals surface area contributed by atoms with E-state index in [0.717, 1.165) is 10.7 Å². The molecular formula is C10H15NO3S. The van der Waals surface area contributed by atoms with Crippen molar-refractivity contribution in [1.82, 2.24) is 4.98 Å². The first-order valence-corrected chi connectivity index (χ1v) is 5.66. The first-order valence-electron chi connectivity index (χ1n) is 4.78. The lowest BCUT2D eigenvalue weighted by Gasteiger charge is -2.04. The Morgan fingerprint density at radius 1 is 1.73 bits per heavy atom. The zero-order chi connectivity index (χ0) is 11.3. The molecule has 1 heterocycles. The van der Waals surface area contributed by atoms with Gasteiger partial charge in [0.05, 0.1) is 23.7 Å². The molecule has 15 heavy (non-hydrogen) atoms. The fraction of sp³-hybridized carbons (Fsp3) is 0.600. The fourth-order valence-corrected chi connectivity index (χ4v) is 2.12. The van der Waals surface area contributed by atoms with Crippen LogP contribution < -0.4 is 0 Å². The molecule has 0 aliphatic rings. The average molecular weight is 229 g/mol. The molecule has 5 heteroatoms. The Labute approximate surface area is 92.9 Å². The van der Waals surface area contributed by atoms with Gasteiger partial charge in [-0.2, -0.15) is 0 Å². The Morgan fingerprint density at radius 2 is 2.47 bits per heavy atom. The summed E-state index contributed by atoms with van der Waals surface area (Å²) in [7, 11) is 1.66. The molecule has 0 aromatic carbocycles. The molecule has 1 aromatic rings. The van der Waals surface area contributed by atoms with Crippen LogP contribution in [0.5, 0.6) is 0 Å². The molecule has 0 fully saturated rings. The number of nitrogens with zero attached hydrogens (tertiary/aromatic N) is 1. The normalized spacial score (nSPS) is 12.7. The number of carboxylic acids is 1. The van der Waals surface area contributed by atoms with Crippen LogP contribution in [0.3, 0.4) is 0 Å². The van der Waals surface area contributed by atoms with E-state index >= 15 is 0 Å². The Bertz CT molecular complexity index is 324. The molecule has 0 saturated carbocycles. The number of aliphatic carboxylic acids is 1. The summed E-state index contributed by atoms with van der Waals surface area (Å²) in [6.07, 6.45) is 0.646. The van der Waals surface area contributed by atoms with Crippen LogP contribution >= 0.6 is 11.3 Å². The van der Waals surface area contributed by atoms with Crippen LogP contribution in [0.25, 0.3) is 0 Å². The van der Waals surface area contributed by atoms with Crippen molar-refractivity contribution in [1.29, 1.82) is 0 Å². The summed E-state index contributed by atoms with van der Waals surface area (Å²) < 4.78 is 5.04. The third-order valence-electron chi connectivity index (χ3n) is 2.00. The molecule has 0 bridgehead atoms. The SMILES string of the molecule is COCC(C)c1nc(CCC(=O)O)cs1. The number of aryl methyl sites for hydroxylation is 1. The summed E-state index contributed by atoms with van der Waals surface area (Å²) in [6.45, 7) is 2.69. The first kappa shape index (κ1) is 12.1. The van der Waals surface area contributed by atoms with E-state index in [0.29, 0.717) is 13.0 Å². The summed E-state index contributed by atoms with van der Waals surface area (Å²) in [6, 6.07) is 0. The van der Waals surface area contributed by atoms with Gasteiger partial charge in [0.2, 0.25) is 0 Å². The highest BCUT2D eigenvalue weighted by atomic mass is 32.1. The van der Waals surface area contributed by atoms with Crippen molar-refractivity contribution in [2.24, 2.45) is 0 Å². The maximum absolute atomic E-state index is 10.4. The van der Waals surface area contributed by atoms with Gasteiger partial charge in [0.1, 0.15) is 0 Å². The number of hydrogen-bond acceptors (Lipinski definition) is 4. The smallest absolute Gasteiger partial charge is 0.303 e. The minimum atomic E-state index is -0.783. The van der Waals surface area contributed by atoms with Crippen LogP contribution in [0.1, 0.15) is 30.0 Å². The summed E-state index contributed by atoms with van der Waals surface area (Å²) in [5.74, 6) is -0.506. The number of rotatable bonds is 6. The van der Waals surface area contributed by atoms with E-state index < -0.39 is 5.97 Å². The van der Waals surface area contributed by atoms with E-state index in [1.165, 1.54) is 0 Å². The molecule has 1 unspecified atom stereocenters. The minimum absolute atomic E-state index is 0.141. The molecule has 0 amide bonds. The number of carboxylic acid groups (broad SMARTS) is 1. The lowest BCUT2D eigenvalue weighted by Crippen LogP contribution is -2.02. The molecule has 0 aliphatic carbocycles. The topological polar surface area (TPSA) is 59.4 Å². The summed E-state index contributed by atoms with van der Waals surface area (Å²) in [5.41, 5.74) is 0.861. The van der Waals surface area contributed by atoms with Gasteiger partial charge in [-0.15, -0.1) is 11.3 Å². The lowest BCUT2D eigenvalue weighted by atomic mass is 10.2. The highest BCUT2D eigenvalue weighted by molar-refractivity contribution is 7.09. The largest absolute Gasteiger partial charge is 0.481 e. The molecule has 84 valence electrons. The second-order valence-corrected chi connectivity index (χ2v) is 4.32. The molecule has 1 aromatic heterocycles. The molecule has 1 rings (SSSR count). The number of aromatic nitrogens is 1. The van der Waals surface area contributed by atoms with Crippen molar-refractivity contribution in [2.45, 2.75) is 25.7 Å². The Balaban J connectivity index is 2.51. The van der Waals surface area contributed by atoms with Crippen molar-refractivity contribution in [3.8, 4) is 0 Å². The van der Waals surface area contributed by atoms with Crippen LogP contribution in [-0.2, 0) is 16.0 Å². The van der Waals surface area contributed by atoms with Crippen LogP contribution in [0.2, 0.25) is 0 Å².